The lowest BCUT2D eigenvalue weighted by molar-refractivity contribution is -0.303. The van der Waals surface area contributed by atoms with Crippen LogP contribution in [0, 0.1) is 11.8 Å². The minimum Gasteiger partial charge on any atom is -0.462 e. The number of rotatable bonds is 5. The van der Waals surface area contributed by atoms with E-state index in [9.17, 15) is 65.8 Å². The summed E-state index contributed by atoms with van der Waals surface area (Å²) in [5, 5.41) is 124. The van der Waals surface area contributed by atoms with Crippen molar-refractivity contribution in [2.24, 2.45) is 17.6 Å². The monoisotopic (exact) mass is 982 g/mol. The molecule has 2 saturated heterocycles. The first-order valence-corrected chi connectivity index (χ1v) is 23.8. The summed E-state index contributed by atoms with van der Waals surface area (Å²) in [4.78, 5) is 25.5. The molecule has 15 N–H and O–H groups in total. The van der Waals surface area contributed by atoms with Crippen molar-refractivity contribution in [2.45, 2.75) is 183 Å². The zero-order valence-corrected chi connectivity index (χ0v) is 40.0. The third-order valence-corrected chi connectivity index (χ3v) is 12.4. The number of nitrogens with one attached hydrogen (secondary N) is 2. The Kier molecular flexibility index (Phi) is 26.1. The highest BCUT2D eigenvalue weighted by Crippen LogP contribution is 2.35. The number of carbonyl (C=O) groups excluding carboxylic acids is 2. The molecular formula is C49H79N3O17. The first kappa shape index (κ1) is 59.6. The average Bonchev–Trinajstić information content (AvgIpc) is 3.28. The van der Waals surface area contributed by atoms with Gasteiger partial charge in [0.25, 0.3) is 0 Å². The van der Waals surface area contributed by atoms with Gasteiger partial charge in [0.15, 0.2) is 12.1 Å². The molecule has 2 fully saturated rings. The molecule has 19 atom stereocenters. The molecule has 0 aromatic rings. The summed E-state index contributed by atoms with van der Waals surface area (Å²) in [5.74, 6) is -3.74. The van der Waals surface area contributed by atoms with Gasteiger partial charge in [0.2, 0.25) is 0 Å². The Bertz CT molecular complexity index is 1740. The highest BCUT2D eigenvalue weighted by Gasteiger charge is 2.49. The highest BCUT2D eigenvalue weighted by molar-refractivity contribution is 5.74. The third-order valence-electron chi connectivity index (χ3n) is 12.4. The van der Waals surface area contributed by atoms with Crippen LogP contribution in [0.3, 0.4) is 0 Å². The number of fused-ring (bicyclic) bond motifs is 2. The molecule has 0 radical (unpaired) electrons. The van der Waals surface area contributed by atoms with E-state index in [-0.39, 0.29) is 44.8 Å². The fraction of sp³-hybridized carbons (Fsp3) is 0.673. The van der Waals surface area contributed by atoms with Crippen molar-refractivity contribution in [3.8, 4) is 0 Å². The van der Waals surface area contributed by atoms with Crippen LogP contribution in [-0.2, 0) is 23.7 Å². The lowest BCUT2D eigenvalue weighted by Crippen LogP contribution is -2.64. The second kappa shape index (κ2) is 30.3. The number of nitrogens with two attached hydrogens (primary N) is 1. The van der Waals surface area contributed by atoms with Crippen LogP contribution in [0.5, 0.6) is 0 Å². The van der Waals surface area contributed by atoms with Gasteiger partial charge < -0.3 is 91.5 Å². The number of hydrogen-bond acceptors (Lipinski definition) is 18. The standard InChI is InChI=1S/C49H79N3O17/c1-29-17-15-13-11-9-7-5-6-8-10-12-14-16-18-36(68-47-46(63)42(50)45(62)32(4)67-47)26-40-43(52-48(64)51-21-22-53)39(59)28-49(65,69-40)27-35(56)24-38(58)37(57)20-19-33(54)23-34(55)25-41(60)66-31(3)30(2)44(29)61/h5-18,29-40,42-47,53-59,61-63,65H,19-28,50H2,1-4H3,(H2,51,52,64)/b6-5+,9-7+,10-8+,13-11+,14-12+,17-15+,18-16+/t29-,30-,31-,32+,33+,34+,35-,36?,37+,38+,39-,40-,42-,43+,44+,45+,46-,47?,49+/m0/s1. The summed E-state index contributed by atoms with van der Waals surface area (Å²) >= 11 is 0. The van der Waals surface area contributed by atoms with Crippen LogP contribution in [-0.4, -0.2) is 185 Å². The predicted molar refractivity (Wildman–Crippen MR) is 253 cm³/mol. The lowest BCUT2D eigenvalue weighted by atomic mass is 9.87. The van der Waals surface area contributed by atoms with Crippen LogP contribution in [0.1, 0.15) is 79.1 Å². The van der Waals surface area contributed by atoms with Crippen LogP contribution in [0.2, 0.25) is 0 Å². The van der Waals surface area contributed by atoms with Crippen LogP contribution in [0.15, 0.2) is 85.1 Å². The number of aliphatic hydroxyl groups excluding tert-OH is 10. The normalized spacial score (nSPS) is 43.4. The van der Waals surface area contributed by atoms with Gasteiger partial charge in [-0.2, -0.15) is 0 Å². The van der Waals surface area contributed by atoms with Crippen molar-refractivity contribution in [2.75, 3.05) is 13.2 Å². The Balaban J connectivity index is 1.91. The molecule has 0 spiro atoms. The summed E-state index contributed by atoms with van der Waals surface area (Å²) in [5.41, 5.74) is 6.08. The first-order valence-electron chi connectivity index (χ1n) is 23.8. The molecule has 2 bridgehead atoms. The molecule has 0 saturated carbocycles. The fourth-order valence-electron chi connectivity index (χ4n) is 8.21. The van der Waals surface area contributed by atoms with Gasteiger partial charge in [-0.3, -0.25) is 4.79 Å². The van der Waals surface area contributed by atoms with Crippen molar-refractivity contribution in [1.29, 1.82) is 0 Å². The van der Waals surface area contributed by atoms with E-state index in [0.29, 0.717) is 0 Å². The topological polar surface area (TPSA) is 344 Å². The second-order valence-corrected chi connectivity index (χ2v) is 18.4. The third kappa shape index (κ3) is 20.9. The van der Waals surface area contributed by atoms with Crippen LogP contribution < -0.4 is 16.4 Å². The van der Waals surface area contributed by atoms with E-state index in [0.717, 1.165) is 0 Å². The average molecular weight is 982 g/mol. The quantitative estimate of drug-likeness (QED) is 0.157. The van der Waals surface area contributed by atoms with E-state index in [4.69, 9.17) is 24.7 Å². The van der Waals surface area contributed by atoms with Gasteiger partial charge in [-0.25, -0.2) is 4.79 Å². The number of cyclic esters (lactones) is 1. The second-order valence-electron chi connectivity index (χ2n) is 18.4. The first-order chi connectivity index (χ1) is 32.6. The predicted octanol–water partition coefficient (Wildman–Crippen LogP) is -0.329. The van der Waals surface area contributed by atoms with E-state index in [2.05, 4.69) is 10.6 Å². The Morgan fingerprint density at radius 1 is 0.710 bits per heavy atom. The molecule has 2 unspecified atom stereocenters. The molecule has 3 aliphatic rings. The van der Waals surface area contributed by atoms with Gasteiger partial charge >= 0.3 is 12.0 Å². The summed E-state index contributed by atoms with van der Waals surface area (Å²) in [6.45, 7) is 6.27. The fourth-order valence-corrected chi connectivity index (χ4v) is 8.21. The van der Waals surface area contributed by atoms with Gasteiger partial charge in [0, 0.05) is 44.1 Å². The zero-order chi connectivity index (χ0) is 51.3. The molecular weight excluding hydrogens is 903 g/mol. The Hall–Kier alpha value is -3.68. The number of hydrogen-bond donors (Lipinski definition) is 14. The molecule has 0 aromatic heterocycles. The minimum absolute atomic E-state index is 0.103. The Labute approximate surface area is 404 Å². The van der Waals surface area contributed by atoms with Crippen molar-refractivity contribution >= 4 is 12.0 Å². The number of amides is 2. The Morgan fingerprint density at radius 2 is 1.30 bits per heavy atom. The maximum Gasteiger partial charge on any atom is 0.315 e. The van der Waals surface area contributed by atoms with Gasteiger partial charge in [0.1, 0.15) is 12.2 Å². The highest BCUT2D eigenvalue weighted by atomic mass is 16.7. The molecule has 0 aromatic carbocycles. The van der Waals surface area contributed by atoms with Crippen molar-refractivity contribution in [3.63, 3.8) is 0 Å². The number of ether oxygens (including phenoxy) is 4. The van der Waals surface area contributed by atoms with E-state index in [1.807, 2.05) is 37.3 Å². The number of urea groups is 1. The smallest absolute Gasteiger partial charge is 0.315 e. The molecule has 3 heterocycles. The number of allylic oxidation sites excluding steroid dienone is 12. The SMILES string of the molecule is C[C@@H]1[C@H](O)[C@@H](C)/C=C/C=C/C=C/C=C/C=C/C=C/C=C/C(OC2O[C@H](C)[C@@H](O)[C@H](N)[C@@H]2O)C[C@@H]2O[C@](O)(C[C@@H](O)C[C@@H](O)[C@H](O)CC[C@@H](O)C[C@@H](O)CC(=O)O[C@H]1C)C[C@H](O)[C@H]2NC(=O)NCCO. The van der Waals surface area contributed by atoms with Crippen molar-refractivity contribution in [3.05, 3.63) is 85.1 Å². The summed E-state index contributed by atoms with van der Waals surface area (Å²) < 4.78 is 23.6. The van der Waals surface area contributed by atoms with Gasteiger partial charge in [0.05, 0.1) is 92.3 Å². The molecule has 0 aliphatic carbocycles. The van der Waals surface area contributed by atoms with E-state index in [1.165, 1.54) is 0 Å². The lowest BCUT2D eigenvalue weighted by Gasteiger charge is -2.46. The van der Waals surface area contributed by atoms with Crippen LogP contribution >= 0.6 is 0 Å². The van der Waals surface area contributed by atoms with Gasteiger partial charge in [-0.15, -0.1) is 0 Å². The largest absolute Gasteiger partial charge is 0.462 e. The minimum atomic E-state index is -2.28. The molecule has 392 valence electrons. The molecule has 69 heavy (non-hydrogen) atoms. The van der Waals surface area contributed by atoms with E-state index >= 15 is 0 Å². The molecule has 20 nitrogen and oxygen atoms in total. The molecule has 3 rings (SSSR count). The maximum atomic E-state index is 12.8. The van der Waals surface area contributed by atoms with E-state index < -0.39 is 147 Å². The van der Waals surface area contributed by atoms with E-state index in [1.54, 1.807) is 75.5 Å². The van der Waals surface area contributed by atoms with Crippen molar-refractivity contribution in [1.82, 2.24) is 10.6 Å². The molecule has 3 aliphatic heterocycles. The summed E-state index contributed by atoms with van der Waals surface area (Å²) in [7, 11) is 0. The number of carbonyl (C=O) groups is 2. The summed E-state index contributed by atoms with van der Waals surface area (Å²) in [6.07, 6.45) is 4.46. The molecule has 2 amide bonds. The molecule has 20 heteroatoms. The zero-order valence-electron chi connectivity index (χ0n) is 40.0. The van der Waals surface area contributed by atoms with Crippen molar-refractivity contribution < 1.29 is 84.7 Å². The van der Waals surface area contributed by atoms with Gasteiger partial charge in [-0.1, -0.05) is 98.9 Å². The van der Waals surface area contributed by atoms with Gasteiger partial charge in [-0.05, 0) is 33.1 Å². The van der Waals surface area contributed by atoms with Crippen LogP contribution in [0.25, 0.3) is 0 Å². The number of esters is 1. The number of aliphatic hydroxyl groups is 11. The maximum absolute atomic E-state index is 12.8. The Morgan fingerprint density at radius 3 is 1.91 bits per heavy atom. The summed E-state index contributed by atoms with van der Waals surface area (Å²) in [6, 6.07) is -3.14. The van der Waals surface area contributed by atoms with Crippen LogP contribution in [0.4, 0.5) is 4.79 Å².